The van der Waals surface area contributed by atoms with E-state index in [9.17, 15) is 0 Å². The Morgan fingerprint density at radius 1 is 0.627 bits per heavy atom. The molecule has 0 N–H and O–H groups in total. The number of ether oxygens (including phenoxy) is 6. The fourth-order valence-electron chi connectivity index (χ4n) is 10.4. The average molecular weight is 709 g/mol. The Bertz CT molecular complexity index is 1190. The molecule has 0 radical (unpaired) electrons. The fourth-order valence-corrected chi connectivity index (χ4v) is 10.4. The molecular formula is C45H72O6. The molecule has 0 bridgehead atoms. The third kappa shape index (κ3) is 10.1. The van der Waals surface area contributed by atoms with E-state index in [4.69, 9.17) is 28.4 Å². The minimum atomic E-state index is -0.0699. The summed E-state index contributed by atoms with van der Waals surface area (Å²) >= 11 is 0. The second-order valence-electron chi connectivity index (χ2n) is 17.4. The Morgan fingerprint density at radius 2 is 1.24 bits per heavy atom. The predicted molar refractivity (Wildman–Crippen MR) is 204 cm³/mol. The molecule has 14 unspecified atom stereocenters. The van der Waals surface area contributed by atoms with E-state index in [0.29, 0.717) is 66.0 Å². The van der Waals surface area contributed by atoms with Crippen LogP contribution in [0.3, 0.4) is 0 Å². The first-order valence-electron chi connectivity index (χ1n) is 21.4. The molecular weight excluding hydrogens is 636 g/mol. The molecule has 14 atom stereocenters. The van der Waals surface area contributed by atoms with Crippen molar-refractivity contribution in [3.05, 3.63) is 47.5 Å². The summed E-state index contributed by atoms with van der Waals surface area (Å²) < 4.78 is 36.6. The smallest absolute Gasteiger partial charge is 0.161 e. The van der Waals surface area contributed by atoms with Gasteiger partial charge in [-0.15, -0.1) is 0 Å². The van der Waals surface area contributed by atoms with Crippen LogP contribution in [0.4, 0.5) is 0 Å². The Kier molecular flexibility index (Phi) is 14.6. The Balaban J connectivity index is 0.000000133. The van der Waals surface area contributed by atoms with Gasteiger partial charge in [0.15, 0.2) is 18.9 Å². The highest BCUT2D eigenvalue weighted by Gasteiger charge is 2.43. The lowest BCUT2D eigenvalue weighted by atomic mass is 9.79. The standard InChI is InChI=1S/C17H28O2.C15H20O2.C13H24O2/c1-11-8-9-14(12(2)10-11)17-18-13(3)15-6-4-5-7-16(15)19-17;1-11-16-14-10-6-5-9-13(14)15(17-11)12-7-3-2-4-8-12;1-4-11-10-7-5-6-8-12(10)15-13(14-11)9(2)3/h10,12-17H,4-9H2,1-3H3;2-4,7-8,11,13-15H,5-6,9-10H2,1H3;9-13H,4-8H2,1-3H3. The van der Waals surface area contributed by atoms with E-state index in [0.717, 1.165) is 6.42 Å². The average Bonchev–Trinajstić information content (AvgIpc) is 3.15. The highest BCUT2D eigenvalue weighted by molar-refractivity contribution is 5.19. The zero-order valence-corrected chi connectivity index (χ0v) is 33.2. The van der Waals surface area contributed by atoms with Crippen molar-refractivity contribution in [2.24, 2.45) is 35.5 Å². The van der Waals surface area contributed by atoms with Crippen LogP contribution in [0.15, 0.2) is 42.0 Å². The number of hydrogen-bond donors (Lipinski definition) is 0. The third-order valence-corrected chi connectivity index (χ3v) is 13.2. The summed E-state index contributed by atoms with van der Waals surface area (Å²) in [7, 11) is 0. The van der Waals surface area contributed by atoms with Gasteiger partial charge in [0.05, 0.1) is 36.6 Å². The molecule has 4 aliphatic carbocycles. The van der Waals surface area contributed by atoms with Gasteiger partial charge in [0.2, 0.25) is 0 Å². The molecule has 3 heterocycles. The monoisotopic (exact) mass is 709 g/mol. The van der Waals surface area contributed by atoms with Crippen molar-refractivity contribution < 1.29 is 28.4 Å². The van der Waals surface area contributed by atoms with Crippen molar-refractivity contribution >= 4 is 0 Å². The lowest BCUT2D eigenvalue weighted by Crippen LogP contribution is -2.50. The Morgan fingerprint density at radius 3 is 1.88 bits per heavy atom. The van der Waals surface area contributed by atoms with E-state index in [1.54, 1.807) is 0 Å². The van der Waals surface area contributed by atoms with Crippen LogP contribution < -0.4 is 0 Å². The largest absolute Gasteiger partial charge is 0.349 e. The van der Waals surface area contributed by atoms with E-state index < -0.39 is 0 Å². The summed E-state index contributed by atoms with van der Waals surface area (Å²) in [5.41, 5.74) is 2.84. The molecule has 0 spiro atoms. The van der Waals surface area contributed by atoms with Crippen molar-refractivity contribution in [2.75, 3.05) is 0 Å². The highest BCUT2D eigenvalue weighted by Crippen LogP contribution is 2.44. The summed E-state index contributed by atoms with van der Waals surface area (Å²) in [5, 5.41) is 0. The van der Waals surface area contributed by atoms with Crippen LogP contribution in [0, 0.1) is 35.5 Å². The lowest BCUT2D eigenvalue weighted by molar-refractivity contribution is -0.293. The molecule has 3 saturated carbocycles. The first-order chi connectivity index (χ1) is 24.7. The summed E-state index contributed by atoms with van der Waals surface area (Å²) in [4.78, 5) is 0. The van der Waals surface area contributed by atoms with Gasteiger partial charge in [-0.2, -0.15) is 0 Å². The minimum Gasteiger partial charge on any atom is -0.349 e. The molecule has 8 rings (SSSR count). The second kappa shape index (κ2) is 18.8. The molecule has 0 amide bonds. The van der Waals surface area contributed by atoms with Crippen LogP contribution in [0.1, 0.15) is 156 Å². The van der Waals surface area contributed by atoms with Gasteiger partial charge in [-0.1, -0.05) is 108 Å². The summed E-state index contributed by atoms with van der Waals surface area (Å²) in [6.45, 7) is 15.4. The highest BCUT2D eigenvalue weighted by atomic mass is 16.7. The SMILES string of the molecule is CC1=CC(C)C(C2OC(C)C3CCCCC3O2)CC1.CC1OC2CCCCC2C(c2ccccc2)O1.CCC1OC(C(C)C)OC2CCCCC12. The third-order valence-electron chi connectivity index (χ3n) is 13.2. The summed E-state index contributed by atoms with van der Waals surface area (Å²) in [5.74, 6) is 3.46. The predicted octanol–water partition coefficient (Wildman–Crippen LogP) is 11.3. The van der Waals surface area contributed by atoms with Crippen molar-refractivity contribution in [1.29, 1.82) is 0 Å². The van der Waals surface area contributed by atoms with Crippen molar-refractivity contribution in [1.82, 2.24) is 0 Å². The maximum absolute atomic E-state index is 6.35. The Labute approximate surface area is 311 Å². The van der Waals surface area contributed by atoms with Gasteiger partial charge in [-0.25, -0.2) is 0 Å². The molecule has 3 aliphatic heterocycles. The van der Waals surface area contributed by atoms with Crippen LogP contribution in [0.5, 0.6) is 0 Å². The van der Waals surface area contributed by atoms with Gasteiger partial charge < -0.3 is 28.4 Å². The summed E-state index contributed by atoms with van der Waals surface area (Å²) in [6, 6.07) is 10.6. The van der Waals surface area contributed by atoms with E-state index in [1.807, 2.05) is 6.92 Å². The van der Waals surface area contributed by atoms with Crippen molar-refractivity contribution in [3.8, 4) is 0 Å². The van der Waals surface area contributed by atoms with Crippen molar-refractivity contribution in [2.45, 2.75) is 200 Å². The topological polar surface area (TPSA) is 55.4 Å². The molecule has 7 aliphatic rings. The van der Waals surface area contributed by atoms with Gasteiger partial charge in [-0.3, -0.25) is 0 Å². The molecule has 6 heteroatoms. The first kappa shape index (κ1) is 39.4. The quantitative estimate of drug-likeness (QED) is 0.290. The van der Waals surface area contributed by atoms with Gasteiger partial charge in [0.25, 0.3) is 0 Å². The molecule has 6 fully saturated rings. The molecule has 3 saturated heterocycles. The molecule has 288 valence electrons. The van der Waals surface area contributed by atoms with Crippen LogP contribution in [-0.4, -0.2) is 49.4 Å². The second-order valence-corrected chi connectivity index (χ2v) is 17.4. The normalized spacial score (nSPS) is 42.4. The van der Waals surface area contributed by atoms with E-state index >= 15 is 0 Å². The molecule has 6 nitrogen and oxygen atoms in total. The number of benzene rings is 1. The lowest BCUT2D eigenvalue weighted by Gasteiger charge is -2.47. The summed E-state index contributed by atoms with van der Waals surface area (Å²) in [6.07, 6.45) is 23.9. The maximum Gasteiger partial charge on any atom is 0.161 e. The van der Waals surface area contributed by atoms with Gasteiger partial charge in [0, 0.05) is 29.6 Å². The molecule has 51 heavy (non-hydrogen) atoms. The van der Waals surface area contributed by atoms with E-state index in [-0.39, 0.29) is 25.0 Å². The fraction of sp³-hybridized carbons (Fsp3) is 0.822. The molecule has 1 aromatic carbocycles. The minimum absolute atomic E-state index is 0.0358. The zero-order valence-electron chi connectivity index (χ0n) is 33.2. The number of fused-ring (bicyclic) bond motifs is 3. The molecule has 1 aromatic rings. The first-order valence-corrected chi connectivity index (χ1v) is 21.4. The zero-order chi connectivity index (χ0) is 35.9. The van der Waals surface area contributed by atoms with Gasteiger partial charge >= 0.3 is 0 Å². The van der Waals surface area contributed by atoms with Gasteiger partial charge in [-0.05, 0) is 90.0 Å². The van der Waals surface area contributed by atoms with Crippen LogP contribution in [0.25, 0.3) is 0 Å². The van der Waals surface area contributed by atoms with Crippen LogP contribution in [-0.2, 0) is 28.4 Å². The Hall–Kier alpha value is -1.28. The molecule has 0 aromatic heterocycles. The number of hydrogen-bond acceptors (Lipinski definition) is 6. The van der Waals surface area contributed by atoms with E-state index in [1.165, 1.54) is 101 Å². The van der Waals surface area contributed by atoms with Crippen LogP contribution in [0.2, 0.25) is 0 Å². The van der Waals surface area contributed by atoms with Gasteiger partial charge in [0.1, 0.15) is 0 Å². The maximum atomic E-state index is 6.35. The van der Waals surface area contributed by atoms with Crippen LogP contribution >= 0.6 is 0 Å². The van der Waals surface area contributed by atoms with E-state index in [2.05, 4.69) is 78.0 Å². The van der Waals surface area contributed by atoms with Crippen molar-refractivity contribution in [3.63, 3.8) is 0 Å². The number of allylic oxidation sites excluding steroid dienone is 2. The number of rotatable bonds is 4.